The molecule has 4 heavy (non-hydrogen) atoms. The Bertz CT molecular complexity index is 85.5. The molecule has 24 valence electrons. The quantitative estimate of drug-likeness (QED) is 0.369. The first kappa shape index (κ1) is 2.69. The summed E-state index contributed by atoms with van der Waals surface area (Å²) >= 11 is -0.388. The summed E-state index contributed by atoms with van der Waals surface area (Å²) in [5.74, 6) is 0. The molecule has 0 aromatic heterocycles. The van der Waals surface area contributed by atoms with E-state index >= 15 is 0 Å². The fraction of sp³-hybridized carbons (Fsp3) is 0.333. The molecule has 1 heterocycles. The molecule has 0 fully saturated rings. The summed E-state index contributed by atoms with van der Waals surface area (Å²) in [5, 5.41) is 0. The largest absolute Gasteiger partial charge is 0.156 e. The van der Waals surface area contributed by atoms with Crippen LogP contribution in [0.5, 0.6) is 0 Å². The maximum absolute atomic E-state index is 3.85. The van der Waals surface area contributed by atoms with Crippen molar-refractivity contribution < 1.29 is 0 Å². The van der Waals surface area contributed by atoms with Gasteiger partial charge in [0, 0.05) is 4.43 Å². The minimum Gasteiger partial charge on any atom is -0.156 e. The first-order valence-electron chi connectivity index (χ1n) is 1.16. The Morgan fingerprint density at radius 3 is 2.25 bits per heavy atom. The second-order valence-electron chi connectivity index (χ2n) is 0.806. The molecular weight excluding hydrogens is 163 g/mol. The van der Waals surface area contributed by atoms with Crippen molar-refractivity contribution in [2.75, 3.05) is 4.43 Å². The van der Waals surface area contributed by atoms with Crippen molar-refractivity contribution in [3.05, 3.63) is 0 Å². The topological polar surface area (TPSA) is 0 Å². The lowest BCUT2D eigenvalue weighted by atomic mass is 11.0. The third-order valence-corrected chi connectivity index (χ3v) is 2.50. The Balaban J connectivity index is 3.14. The van der Waals surface area contributed by atoms with Crippen molar-refractivity contribution in [3.8, 4) is 0 Å². The standard InChI is InChI=1S/C3H5I/c1-4-2-3-4/h2H,1,3H2. The van der Waals surface area contributed by atoms with E-state index < -0.39 is 0 Å². The van der Waals surface area contributed by atoms with Crippen molar-refractivity contribution in [2.24, 2.45) is 0 Å². The third kappa shape index (κ3) is 0.443. The van der Waals surface area contributed by atoms with E-state index in [-0.39, 0.29) is 18.9 Å². The summed E-state index contributed by atoms with van der Waals surface area (Å²) in [6.07, 6.45) is 0. The van der Waals surface area contributed by atoms with Crippen LogP contribution in [0.2, 0.25) is 0 Å². The van der Waals surface area contributed by atoms with Crippen LogP contribution < -0.4 is 0 Å². The van der Waals surface area contributed by atoms with Crippen molar-refractivity contribution in [2.45, 2.75) is 0 Å². The van der Waals surface area contributed by atoms with E-state index in [0.717, 1.165) is 0 Å². The molecule has 0 nitrogen and oxygen atoms in total. The molecule has 1 aliphatic rings. The molecule has 0 aromatic rings. The maximum Gasteiger partial charge on any atom is 0.0129 e. The lowest BCUT2D eigenvalue weighted by Crippen LogP contribution is -1.28. The van der Waals surface area contributed by atoms with Crippen LogP contribution >= 0.6 is 18.9 Å². The molecule has 0 amide bonds. The smallest absolute Gasteiger partial charge is 0.0129 e. The van der Waals surface area contributed by atoms with E-state index in [1.165, 1.54) is 4.43 Å². The van der Waals surface area contributed by atoms with Crippen molar-refractivity contribution >= 4 is 27.4 Å². The molecule has 0 aliphatic carbocycles. The van der Waals surface area contributed by atoms with Crippen molar-refractivity contribution in [3.63, 3.8) is 0 Å². The van der Waals surface area contributed by atoms with Crippen LogP contribution in [0.4, 0.5) is 0 Å². The Morgan fingerprint density at radius 1 is 2.00 bits per heavy atom. The highest BCUT2D eigenvalue weighted by Gasteiger charge is 1.84. The Kier molecular flexibility index (Phi) is 0.476. The minimum atomic E-state index is -0.388. The van der Waals surface area contributed by atoms with Gasteiger partial charge in [0.1, 0.15) is 0 Å². The lowest BCUT2D eigenvalue weighted by molar-refractivity contribution is 2.33. The van der Waals surface area contributed by atoms with Gasteiger partial charge in [-0.3, -0.25) is 0 Å². The summed E-state index contributed by atoms with van der Waals surface area (Å²) in [6.45, 7) is 0. The van der Waals surface area contributed by atoms with Crippen LogP contribution in [0.1, 0.15) is 0 Å². The van der Waals surface area contributed by atoms with Gasteiger partial charge in [-0.1, -0.05) is 8.53 Å². The molecule has 0 saturated heterocycles. The Labute approximate surface area is 32.2 Å². The van der Waals surface area contributed by atoms with Crippen LogP contribution in [-0.4, -0.2) is 13.0 Å². The van der Waals surface area contributed by atoms with Gasteiger partial charge in [-0.15, -0.1) is 0 Å². The number of hydrogen-bond donors (Lipinski definition) is 0. The van der Waals surface area contributed by atoms with Crippen LogP contribution in [-0.2, 0) is 0 Å². The lowest BCUT2D eigenvalue weighted by Gasteiger charge is -1.32. The van der Waals surface area contributed by atoms with E-state index in [1.807, 2.05) is 0 Å². The van der Waals surface area contributed by atoms with Crippen LogP contribution in [0.25, 0.3) is 0 Å². The predicted octanol–water partition coefficient (Wildman–Crippen LogP) is 0.741. The number of rotatable bonds is 0. The van der Waals surface area contributed by atoms with Gasteiger partial charge in [0.15, 0.2) is 0 Å². The van der Waals surface area contributed by atoms with Gasteiger partial charge >= 0.3 is 0 Å². The first-order chi connectivity index (χ1) is 1.89. The van der Waals surface area contributed by atoms with E-state index in [0.29, 0.717) is 0 Å². The van der Waals surface area contributed by atoms with Gasteiger partial charge in [0.2, 0.25) is 0 Å². The van der Waals surface area contributed by atoms with Gasteiger partial charge in [-0.2, -0.15) is 18.9 Å². The molecule has 0 saturated carbocycles. The summed E-state index contributed by atoms with van der Waals surface area (Å²) in [6, 6.07) is 0. The highest BCUT2D eigenvalue weighted by atomic mass is 127. The third-order valence-electron chi connectivity index (χ3n) is 0.373. The molecule has 1 aliphatic heterocycles. The monoisotopic (exact) mass is 168 g/mol. The van der Waals surface area contributed by atoms with Crippen LogP contribution in [0.15, 0.2) is 0 Å². The average Bonchev–Trinajstić information content (AvgIpc) is 1.75. The molecule has 0 bridgehead atoms. The van der Waals surface area contributed by atoms with Gasteiger partial charge < -0.3 is 0 Å². The molecule has 0 atom stereocenters. The Hall–Kier alpha value is 0.470. The van der Waals surface area contributed by atoms with Gasteiger partial charge in [-0.25, -0.2) is 0 Å². The van der Waals surface area contributed by atoms with Crippen LogP contribution in [0, 0.1) is 0 Å². The van der Waals surface area contributed by atoms with E-state index in [9.17, 15) is 0 Å². The SMILES string of the molecule is C=I1=CC1. The van der Waals surface area contributed by atoms with Crippen molar-refractivity contribution in [1.82, 2.24) is 0 Å². The Morgan fingerprint density at radius 2 is 2.25 bits per heavy atom. The molecular formula is C3H5I. The number of hydrogen-bond acceptors (Lipinski definition) is 0. The van der Waals surface area contributed by atoms with Gasteiger partial charge in [-0.05, 0) is 0 Å². The number of alkyl halides is 1. The van der Waals surface area contributed by atoms with Crippen LogP contribution in [0.3, 0.4) is 0 Å². The summed E-state index contributed by atoms with van der Waals surface area (Å²) < 4.78 is 7.59. The average molecular weight is 168 g/mol. The molecule has 1 heteroatoms. The molecule has 0 aromatic carbocycles. The second-order valence-corrected chi connectivity index (χ2v) is 5.41. The molecule has 0 unspecified atom stereocenters. The van der Waals surface area contributed by atoms with Gasteiger partial charge in [0.05, 0.1) is 0 Å². The molecule has 0 spiro atoms. The molecule has 0 N–H and O–H groups in total. The van der Waals surface area contributed by atoms with E-state index in [2.05, 4.69) is 8.53 Å². The van der Waals surface area contributed by atoms with Crippen molar-refractivity contribution in [1.29, 1.82) is 0 Å². The zero-order chi connectivity index (χ0) is 2.99. The highest BCUT2D eigenvalue weighted by Crippen LogP contribution is 2.15. The fourth-order valence-electron chi connectivity index (χ4n) is 0.0412. The van der Waals surface area contributed by atoms with E-state index in [4.69, 9.17) is 0 Å². The zero-order valence-corrected chi connectivity index (χ0v) is 4.53. The zero-order valence-electron chi connectivity index (χ0n) is 2.37. The fourth-order valence-corrected chi connectivity index (χ4v) is 1.86. The van der Waals surface area contributed by atoms with E-state index in [1.54, 1.807) is 0 Å². The maximum atomic E-state index is 3.85. The molecule has 1 rings (SSSR count). The predicted molar refractivity (Wildman–Crippen MR) is 32.1 cm³/mol. The molecule has 0 radical (unpaired) electrons. The summed E-state index contributed by atoms with van der Waals surface area (Å²) in [5.41, 5.74) is 0. The normalized spacial score (nSPS) is 24.0. The highest BCUT2D eigenvalue weighted by molar-refractivity contribution is 14.2. The second kappa shape index (κ2) is 0.708. The summed E-state index contributed by atoms with van der Waals surface area (Å²) in [4.78, 5) is 0. The first-order valence-corrected chi connectivity index (χ1v) is 5.46. The minimum absolute atomic E-state index is 0.388. The summed E-state index contributed by atoms with van der Waals surface area (Å²) in [7, 11) is 0. The van der Waals surface area contributed by atoms with Gasteiger partial charge in [0.25, 0.3) is 0 Å². The number of halogens is 1.